The van der Waals surface area contributed by atoms with E-state index in [4.69, 9.17) is 0 Å². The molecule has 1 saturated carbocycles. The first-order valence-corrected chi connectivity index (χ1v) is 6.37. The third-order valence-corrected chi connectivity index (χ3v) is 3.61. The van der Waals surface area contributed by atoms with Crippen LogP contribution in [0, 0.1) is 24.5 Å². The summed E-state index contributed by atoms with van der Waals surface area (Å²) in [7, 11) is 0. The first-order valence-electron chi connectivity index (χ1n) is 6.37. The van der Waals surface area contributed by atoms with Crippen LogP contribution < -0.4 is 5.32 Å². The maximum Gasteiger partial charge on any atom is 0.152 e. The van der Waals surface area contributed by atoms with E-state index in [1.807, 2.05) is 0 Å². The molecule has 1 aromatic carbocycles. The molecular formula is C14H19F2N. The van der Waals surface area contributed by atoms with Crippen LogP contribution in [0.25, 0.3) is 0 Å². The quantitative estimate of drug-likeness (QED) is 0.827. The number of nitrogens with one attached hydrogen (secondary N) is 1. The molecule has 0 saturated heterocycles. The van der Waals surface area contributed by atoms with Crippen LogP contribution in [0.1, 0.15) is 37.7 Å². The smallest absolute Gasteiger partial charge is 0.152 e. The van der Waals surface area contributed by atoms with Gasteiger partial charge in [-0.15, -0.1) is 0 Å². The summed E-state index contributed by atoms with van der Waals surface area (Å²) < 4.78 is 27.1. The largest absolute Gasteiger partial charge is 0.380 e. The molecule has 0 heterocycles. The van der Waals surface area contributed by atoms with Crippen LogP contribution in [0.15, 0.2) is 12.1 Å². The molecule has 1 aliphatic carbocycles. The van der Waals surface area contributed by atoms with Crippen molar-refractivity contribution in [3.05, 3.63) is 29.3 Å². The summed E-state index contributed by atoms with van der Waals surface area (Å²) in [6, 6.07) is 2.78. The van der Waals surface area contributed by atoms with E-state index in [0.717, 1.165) is 12.3 Å². The van der Waals surface area contributed by atoms with Crippen molar-refractivity contribution in [3.63, 3.8) is 0 Å². The molecule has 1 N–H and O–H groups in total. The number of halogens is 2. The van der Waals surface area contributed by atoms with E-state index in [1.165, 1.54) is 37.8 Å². The van der Waals surface area contributed by atoms with E-state index >= 15 is 0 Å². The lowest BCUT2D eigenvalue weighted by Gasteiger charge is -2.13. The van der Waals surface area contributed by atoms with Crippen molar-refractivity contribution in [2.24, 2.45) is 5.92 Å². The van der Waals surface area contributed by atoms with Crippen LogP contribution in [0.2, 0.25) is 0 Å². The lowest BCUT2D eigenvalue weighted by atomic mass is 10.0. The van der Waals surface area contributed by atoms with Gasteiger partial charge in [0.25, 0.3) is 0 Å². The molecule has 0 bridgehead atoms. The van der Waals surface area contributed by atoms with Crippen LogP contribution in [0.4, 0.5) is 14.5 Å². The van der Waals surface area contributed by atoms with Gasteiger partial charge in [0.1, 0.15) is 11.5 Å². The maximum atomic E-state index is 13.7. The van der Waals surface area contributed by atoms with Gasteiger partial charge in [-0.3, -0.25) is 0 Å². The highest BCUT2D eigenvalue weighted by Crippen LogP contribution is 2.28. The van der Waals surface area contributed by atoms with Crippen LogP contribution in [0.3, 0.4) is 0 Å². The van der Waals surface area contributed by atoms with Gasteiger partial charge in [-0.2, -0.15) is 0 Å². The third-order valence-electron chi connectivity index (χ3n) is 3.61. The molecule has 0 spiro atoms. The molecular weight excluding hydrogens is 220 g/mol. The molecule has 94 valence electrons. The normalized spacial score (nSPS) is 16.4. The van der Waals surface area contributed by atoms with E-state index in [1.54, 1.807) is 6.92 Å². The number of hydrogen-bond donors (Lipinski definition) is 1. The molecule has 1 aromatic rings. The van der Waals surface area contributed by atoms with Crippen molar-refractivity contribution in [2.45, 2.75) is 39.0 Å². The highest BCUT2D eigenvalue weighted by Gasteiger charge is 2.15. The maximum absolute atomic E-state index is 13.7. The second-order valence-electron chi connectivity index (χ2n) is 4.92. The molecule has 1 nitrogen and oxygen atoms in total. The molecule has 0 aromatic heterocycles. The van der Waals surface area contributed by atoms with Crippen molar-refractivity contribution in [1.29, 1.82) is 0 Å². The van der Waals surface area contributed by atoms with Crippen molar-refractivity contribution < 1.29 is 8.78 Å². The fourth-order valence-electron chi connectivity index (χ4n) is 2.52. The van der Waals surface area contributed by atoms with Crippen LogP contribution in [-0.2, 0) is 0 Å². The predicted molar refractivity (Wildman–Crippen MR) is 66.2 cm³/mol. The highest BCUT2D eigenvalue weighted by molar-refractivity contribution is 5.48. The standard InChI is InChI=1S/C14H19F2N/c1-10-6-7-12(15)14(13(10)16)17-9-8-11-4-2-3-5-11/h6-7,11,17H,2-5,8-9H2,1H3. The van der Waals surface area contributed by atoms with E-state index in [0.29, 0.717) is 12.1 Å². The van der Waals surface area contributed by atoms with Crippen LogP contribution in [-0.4, -0.2) is 6.54 Å². The average molecular weight is 239 g/mol. The highest BCUT2D eigenvalue weighted by atomic mass is 19.1. The monoisotopic (exact) mass is 239 g/mol. The number of aryl methyl sites for hydroxylation is 1. The fourth-order valence-corrected chi connectivity index (χ4v) is 2.52. The summed E-state index contributed by atoms with van der Waals surface area (Å²) in [4.78, 5) is 0. The summed E-state index contributed by atoms with van der Waals surface area (Å²) in [6.07, 6.45) is 6.14. The Balaban J connectivity index is 1.91. The Bertz CT molecular complexity index is 384. The zero-order valence-corrected chi connectivity index (χ0v) is 10.2. The molecule has 0 amide bonds. The van der Waals surface area contributed by atoms with Gasteiger partial charge in [0, 0.05) is 6.54 Å². The molecule has 17 heavy (non-hydrogen) atoms. The lowest BCUT2D eigenvalue weighted by Crippen LogP contribution is -2.09. The summed E-state index contributed by atoms with van der Waals surface area (Å²) in [5, 5.41) is 2.90. The Hall–Kier alpha value is -1.12. The van der Waals surface area contributed by atoms with Gasteiger partial charge < -0.3 is 5.32 Å². The average Bonchev–Trinajstić information content (AvgIpc) is 2.81. The van der Waals surface area contributed by atoms with E-state index in [-0.39, 0.29) is 5.69 Å². The number of anilines is 1. The Labute approximate surface area is 101 Å². The van der Waals surface area contributed by atoms with Crippen molar-refractivity contribution in [3.8, 4) is 0 Å². The summed E-state index contributed by atoms with van der Waals surface area (Å²) in [6.45, 7) is 2.30. The molecule has 0 aliphatic heterocycles. The van der Waals surface area contributed by atoms with Crippen molar-refractivity contribution >= 4 is 5.69 Å². The lowest BCUT2D eigenvalue weighted by molar-refractivity contribution is 0.515. The Morgan fingerprint density at radius 2 is 1.94 bits per heavy atom. The first-order chi connectivity index (χ1) is 8.18. The number of benzene rings is 1. The van der Waals surface area contributed by atoms with Crippen LogP contribution in [0.5, 0.6) is 0 Å². The zero-order chi connectivity index (χ0) is 12.3. The molecule has 1 fully saturated rings. The van der Waals surface area contributed by atoms with Gasteiger partial charge in [-0.25, -0.2) is 8.78 Å². The second-order valence-corrected chi connectivity index (χ2v) is 4.92. The number of rotatable bonds is 4. The van der Waals surface area contributed by atoms with Crippen molar-refractivity contribution in [1.82, 2.24) is 0 Å². The van der Waals surface area contributed by atoms with Crippen LogP contribution >= 0.6 is 0 Å². The summed E-state index contributed by atoms with van der Waals surface area (Å²) in [5.74, 6) is -0.227. The summed E-state index contributed by atoms with van der Waals surface area (Å²) in [5.41, 5.74) is 0.512. The van der Waals surface area contributed by atoms with Gasteiger partial charge in [0.15, 0.2) is 5.82 Å². The van der Waals surface area contributed by atoms with E-state index in [9.17, 15) is 8.78 Å². The van der Waals surface area contributed by atoms with Gasteiger partial charge in [-0.05, 0) is 30.9 Å². The minimum atomic E-state index is -0.500. The molecule has 0 unspecified atom stereocenters. The summed E-state index contributed by atoms with van der Waals surface area (Å²) >= 11 is 0. The van der Waals surface area contributed by atoms with E-state index in [2.05, 4.69) is 5.32 Å². The molecule has 1 aliphatic rings. The molecule has 0 atom stereocenters. The van der Waals surface area contributed by atoms with Gasteiger partial charge in [0.2, 0.25) is 0 Å². The fraction of sp³-hybridized carbons (Fsp3) is 0.571. The van der Waals surface area contributed by atoms with Gasteiger partial charge in [-0.1, -0.05) is 31.7 Å². The first kappa shape index (κ1) is 12.3. The Morgan fingerprint density at radius 1 is 1.24 bits per heavy atom. The van der Waals surface area contributed by atoms with Gasteiger partial charge >= 0.3 is 0 Å². The molecule has 0 radical (unpaired) electrons. The minimum absolute atomic E-state index is 0.0306. The van der Waals surface area contributed by atoms with Gasteiger partial charge in [0.05, 0.1) is 0 Å². The number of hydrogen-bond acceptors (Lipinski definition) is 1. The Kier molecular flexibility index (Phi) is 3.97. The van der Waals surface area contributed by atoms with E-state index < -0.39 is 11.6 Å². The topological polar surface area (TPSA) is 12.0 Å². The Morgan fingerprint density at radius 3 is 2.65 bits per heavy atom. The second kappa shape index (κ2) is 5.48. The zero-order valence-electron chi connectivity index (χ0n) is 10.2. The third kappa shape index (κ3) is 2.96. The minimum Gasteiger partial charge on any atom is -0.380 e. The molecule has 2 rings (SSSR count). The van der Waals surface area contributed by atoms with Crippen molar-refractivity contribution in [2.75, 3.05) is 11.9 Å². The molecule has 3 heteroatoms. The SMILES string of the molecule is Cc1ccc(F)c(NCCC2CCCC2)c1F. The predicted octanol–water partition coefficient (Wildman–Crippen LogP) is 4.27.